The summed E-state index contributed by atoms with van der Waals surface area (Å²) in [5, 5.41) is 4.96. The van der Waals surface area contributed by atoms with E-state index in [9.17, 15) is 26.4 Å². The van der Waals surface area contributed by atoms with Crippen LogP contribution >= 0.6 is 22.9 Å². The number of carbonyl (C=O) groups excluding carboxylic acids is 1. The molecule has 0 bridgehead atoms. The van der Waals surface area contributed by atoms with Gasteiger partial charge in [0.1, 0.15) is 26.6 Å². The van der Waals surface area contributed by atoms with Gasteiger partial charge in [0.05, 0.1) is 26.6 Å². The SMILES string of the molecule is CC1=NS(=O)(=O)c2cc3c(=O)n(-c4ccc(NC(=O)NS(=O)(=O)c5ccc(Cl)s5)cc4F)c(C)nc3cc2N1. The molecule has 0 aliphatic carbocycles. The van der Waals surface area contributed by atoms with E-state index in [0.717, 1.165) is 28.0 Å². The van der Waals surface area contributed by atoms with E-state index in [1.165, 1.54) is 44.2 Å². The molecule has 3 N–H and O–H groups in total. The van der Waals surface area contributed by atoms with Crippen LogP contribution in [0.2, 0.25) is 4.34 Å². The number of amides is 2. The third-order valence-corrected chi connectivity index (χ3v) is 9.94. The Morgan fingerprint density at radius 3 is 2.56 bits per heavy atom. The molecule has 3 heterocycles. The molecule has 12 nitrogen and oxygen atoms in total. The number of rotatable bonds is 4. The topological polar surface area (TPSA) is 169 Å². The normalized spacial score (nSPS) is 14.3. The smallest absolute Gasteiger partial charge is 0.333 e. The number of aryl methyl sites for hydroxylation is 1. The van der Waals surface area contributed by atoms with Gasteiger partial charge in [-0.05, 0) is 56.3 Å². The molecular formula is C22H16ClFN6O6S3. The van der Waals surface area contributed by atoms with Crippen LogP contribution in [0.1, 0.15) is 12.7 Å². The van der Waals surface area contributed by atoms with E-state index >= 15 is 4.39 Å². The molecular weight excluding hydrogens is 595 g/mol. The molecule has 1 aliphatic heterocycles. The minimum absolute atomic E-state index is 0.0839. The van der Waals surface area contributed by atoms with Crippen LogP contribution in [0.15, 0.2) is 60.8 Å². The maximum atomic E-state index is 15.2. The summed E-state index contributed by atoms with van der Waals surface area (Å²) < 4.78 is 71.1. The monoisotopic (exact) mass is 610 g/mol. The summed E-state index contributed by atoms with van der Waals surface area (Å²) in [4.78, 5) is 29.7. The summed E-state index contributed by atoms with van der Waals surface area (Å²) in [6, 6.07) is 7.30. The number of anilines is 2. The lowest BCUT2D eigenvalue weighted by molar-refractivity contribution is 0.256. The van der Waals surface area contributed by atoms with Crippen LogP contribution in [0.4, 0.5) is 20.6 Å². The number of sulfonamides is 2. The van der Waals surface area contributed by atoms with Gasteiger partial charge in [0.2, 0.25) is 0 Å². The van der Waals surface area contributed by atoms with E-state index in [0.29, 0.717) is 0 Å². The van der Waals surface area contributed by atoms with Gasteiger partial charge in [0.25, 0.3) is 25.6 Å². The summed E-state index contributed by atoms with van der Waals surface area (Å²) in [5.41, 5.74) is -0.671. The number of hydrogen-bond donors (Lipinski definition) is 3. The van der Waals surface area contributed by atoms with E-state index in [4.69, 9.17) is 11.6 Å². The highest BCUT2D eigenvalue weighted by atomic mass is 35.5. The first-order valence-electron chi connectivity index (χ1n) is 10.8. The molecule has 1 aliphatic rings. The number of fused-ring (bicyclic) bond motifs is 2. The first kappa shape index (κ1) is 26.7. The molecule has 0 saturated heterocycles. The number of thiophene rings is 1. The van der Waals surface area contributed by atoms with Crippen LogP contribution in [0.25, 0.3) is 16.6 Å². The maximum absolute atomic E-state index is 15.2. The molecule has 17 heteroatoms. The molecule has 0 saturated carbocycles. The molecule has 2 aromatic carbocycles. The summed E-state index contributed by atoms with van der Waals surface area (Å²) in [6.45, 7) is 2.95. The number of aromatic nitrogens is 2. The molecule has 4 aromatic rings. The fourth-order valence-corrected chi connectivity index (χ4v) is 7.45. The second-order valence-corrected chi connectivity index (χ2v) is 13.4. The molecule has 2 amide bonds. The van der Waals surface area contributed by atoms with Gasteiger partial charge < -0.3 is 10.6 Å². The summed E-state index contributed by atoms with van der Waals surface area (Å²) in [7, 11) is -8.26. The second-order valence-electron chi connectivity index (χ2n) is 8.23. The maximum Gasteiger partial charge on any atom is 0.333 e. The first-order valence-corrected chi connectivity index (χ1v) is 14.9. The van der Waals surface area contributed by atoms with Crippen molar-refractivity contribution < 1.29 is 26.0 Å². The van der Waals surface area contributed by atoms with Crippen molar-refractivity contribution in [3.05, 3.63) is 68.8 Å². The van der Waals surface area contributed by atoms with Gasteiger partial charge in [-0.3, -0.25) is 9.36 Å². The lowest BCUT2D eigenvalue weighted by atomic mass is 10.2. The van der Waals surface area contributed by atoms with E-state index in [-0.39, 0.29) is 53.1 Å². The Balaban J connectivity index is 1.48. The van der Waals surface area contributed by atoms with Gasteiger partial charge >= 0.3 is 6.03 Å². The molecule has 0 unspecified atom stereocenters. The molecule has 5 rings (SSSR count). The number of amidine groups is 1. The molecule has 39 heavy (non-hydrogen) atoms. The first-order chi connectivity index (χ1) is 18.2. The van der Waals surface area contributed by atoms with Crippen LogP contribution in [0.3, 0.4) is 0 Å². The molecule has 0 fully saturated rings. The van der Waals surface area contributed by atoms with Gasteiger partial charge in [-0.15, -0.1) is 15.7 Å². The fraction of sp³-hybridized carbons (Fsp3) is 0.0909. The van der Waals surface area contributed by atoms with Crippen molar-refractivity contribution in [1.82, 2.24) is 14.3 Å². The van der Waals surface area contributed by atoms with E-state index < -0.39 is 37.5 Å². The Hall–Kier alpha value is -3.86. The number of carbonyl (C=O) groups is 1. The molecule has 0 radical (unpaired) electrons. The number of urea groups is 1. The van der Waals surface area contributed by atoms with Crippen molar-refractivity contribution in [3.8, 4) is 5.69 Å². The predicted octanol–water partition coefficient (Wildman–Crippen LogP) is 3.59. The minimum Gasteiger partial charge on any atom is -0.342 e. The highest BCUT2D eigenvalue weighted by Crippen LogP contribution is 2.31. The number of halogens is 2. The van der Waals surface area contributed by atoms with E-state index in [1.54, 1.807) is 4.72 Å². The van der Waals surface area contributed by atoms with E-state index in [1.807, 2.05) is 0 Å². The Morgan fingerprint density at radius 2 is 1.90 bits per heavy atom. The molecule has 0 spiro atoms. The van der Waals surface area contributed by atoms with Crippen LogP contribution in [0, 0.1) is 12.7 Å². The standard InChI is InChI=1S/C22H16ClFN6O6S3/c1-10-25-16-9-15-13(8-18(16)38(33,34)28-10)21(31)30(11(2)26-15)17-4-3-12(7-14(17)24)27-22(32)29-39(35,36)20-6-5-19(23)37-20/h3-9H,1-2H3,(H,25,28)(H2,27,29,32). The number of benzene rings is 2. The van der Waals surface area contributed by atoms with Gasteiger partial charge in [-0.1, -0.05) is 11.6 Å². The largest absolute Gasteiger partial charge is 0.342 e. The van der Waals surface area contributed by atoms with Gasteiger partial charge in [-0.2, -0.15) is 8.42 Å². The third kappa shape index (κ3) is 4.98. The zero-order chi connectivity index (χ0) is 28.3. The van der Waals surface area contributed by atoms with Crippen molar-refractivity contribution in [1.29, 1.82) is 0 Å². The summed E-state index contributed by atoms with van der Waals surface area (Å²) in [5.74, 6) is -0.682. The van der Waals surface area contributed by atoms with Crippen LogP contribution in [-0.4, -0.2) is 38.3 Å². The minimum atomic E-state index is -4.20. The van der Waals surface area contributed by atoms with Gasteiger partial charge in [0.15, 0.2) is 0 Å². The lowest BCUT2D eigenvalue weighted by Crippen LogP contribution is -2.34. The average molecular weight is 611 g/mol. The van der Waals surface area contributed by atoms with Gasteiger partial charge in [-0.25, -0.2) is 27.3 Å². The lowest BCUT2D eigenvalue weighted by Gasteiger charge is -2.18. The molecule has 202 valence electrons. The number of hydrogen-bond acceptors (Lipinski definition) is 9. The Bertz CT molecular complexity index is 2020. The van der Waals surface area contributed by atoms with Crippen LogP contribution in [-0.2, 0) is 20.0 Å². The van der Waals surface area contributed by atoms with Crippen LogP contribution in [0.5, 0.6) is 0 Å². The Kier molecular flexibility index (Phi) is 6.45. The highest BCUT2D eigenvalue weighted by Gasteiger charge is 2.26. The molecule has 0 atom stereocenters. The fourth-order valence-electron chi connectivity index (χ4n) is 3.90. The second kappa shape index (κ2) is 9.41. The van der Waals surface area contributed by atoms with Crippen molar-refractivity contribution in [2.45, 2.75) is 23.0 Å². The number of nitrogens with zero attached hydrogens (tertiary/aromatic N) is 3. The van der Waals surface area contributed by atoms with Crippen LogP contribution < -0.4 is 20.9 Å². The summed E-state index contributed by atoms with van der Waals surface area (Å²) >= 11 is 6.49. The van der Waals surface area contributed by atoms with Crippen molar-refractivity contribution in [2.75, 3.05) is 10.6 Å². The quantitative estimate of drug-likeness (QED) is 0.315. The Labute approximate surface area is 229 Å². The van der Waals surface area contributed by atoms with Crippen molar-refractivity contribution >= 4 is 77.1 Å². The zero-order valence-electron chi connectivity index (χ0n) is 19.8. The van der Waals surface area contributed by atoms with Crippen molar-refractivity contribution in [3.63, 3.8) is 0 Å². The predicted molar refractivity (Wildman–Crippen MR) is 145 cm³/mol. The van der Waals surface area contributed by atoms with Gasteiger partial charge in [0, 0.05) is 5.69 Å². The molecule has 2 aromatic heterocycles. The zero-order valence-corrected chi connectivity index (χ0v) is 23.0. The summed E-state index contributed by atoms with van der Waals surface area (Å²) in [6.07, 6.45) is 0. The number of nitrogens with one attached hydrogen (secondary N) is 3. The highest BCUT2D eigenvalue weighted by molar-refractivity contribution is 7.92. The third-order valence-electron chi connectivity index (χ3n) is 5.47. The Morgan fingerprint density at radius 1 is 1.15 bits per heavy atom. The average Bonchev–Trinajstić information content (AvgIpc) is 3.26. The van der Waals surface area contributed by atoms with Crippen molar-refractivity contribution in [2.24, 2.45) is 4.40 Å². The van der Waals surface area contributed by atoms with E-state index in [2.05, 4.69) is 20.0 Å².